The van der Waals surface area contributed by atoms with Gasteiger partial charge in [-0.1, -0.05) is 17.7 Å². The van der Waals surface area contributed by atoms with Crippen molar-refractivity contribution in [1.82, 2.24) is 9.38 Å². The minimum absolute atomic E-state index is 0.179. The van der Waals surface area contributed by atoms with E-state index in [9.17, 15) is 9.90 Å². The van der Waals surface area contributed by atoms with Crippen LogP contribution in [-0.4, -0.2) is 27.6 Å². The van der Waals surface area contributed by atoms with E-state index in [2.05, 4.69) is 4.98 Å². The van der Waals surface area contributed by atoms with Crippen LogP contribution in [0.5, 0.6) is 5.75 Å². The average Bonchev–Trinajstić information content (AvgIpc) is 2.90. The molecular weight excluding hydrogens is 268 g/mol. The molecule has 3 rings (SSSR count). The maximum absolute atomic E-state index is 11.3. The number of hydrogen-bond donors (Lipinski definition) is 1. The van der Waals surface area contributed by atoms with Crippen LogP contribution < -0.4 is 4.74 Å². The predicted molar refractivity (Wildman–Crippen MR) is 78.9 cm³/mol. The van der Waals surface area contributed by atoms with Crippen LogP contribution in [-0.2, 0) is 0 Å². The molecule has 0 radical (unpaired) electrons. The number of carboxylic acids is 1. The largest absolute Gasteiger partial charge is 0.496 e. The summed E-state index contributed by atoms with van der Waals surface area (Å²) >= 11 is 0. The number of hydrogen-bond acceptors (Lipinski definition) is 3. The predicted octanol–water partition coefficient (Wildman–Crippen LogP) is 3.02. The maximum Gasteiger partial charge on any atom is 0.352 e. The van der Waals surface area contributed by atoms with Crippen molar-refractivity contribution in [2.45, 2.75) is 6.92 Å². The van der Waals surface area contributed by atoms with Crippen LogP contribution in [0.3, 0.4) is 0 Å². The second-order valence-electron chi connectivity index (χ2n) is 4.77. The molecule has 0 saturated heterocycles. The Hall–Kier alpha value is -2.82. The van der Waals surface area contributed by atoms with Gasteiger partial charge in [0, 0.05) is 11.8 Å². The number of pyridine rings is 1. The minimum atomic E-state index is -0.985. The van der Waals surface area contributed by atoms with Crippen molar-refractivity contribution in [2.75, 3.05) is 7.11 Å². The lowest BCUT2D eigenvalue weighted by molar-refractivity contribution is 0.0689. The van der Waals surface area contributed by atoms with Crippen LogP contribution in [0.2, 0.25) is 0 Å². The third-order valence-electron chi connectivity index (χ3n) is 3.34. The van der Waals surface area contributed by atoms with Gasteiger partial charge in [-0.05, 0) is 31.2 Å². The number of aromatic carboxylic acids is 1. The van der Waals surface area contributed by atoms with Crippen LogP contribution in [0.4, 0.5) is 0 Å². The Labute approximate surface area is 121 Å². The number of aryl methyl sites for hydroxylation is 1. The first-order valence-corrected chi connectivity index (χ1v) is 6.46. The van der Waals surface area contributed by atoms with E-state index in [1.165, 1.54) is 0 Å². The molecule has 0 aliphatic rings. The Balaban J connectivity index is 2.25. The zero-order valence-corrected chi connectivity index (χ0v) is 11.7. The normalized spacial score (nSPS) is 10.8. The molecule has 3 aromatic rings. The number of fused-ring (bicyclic) bond motifs is 1. The molecule has 0 aliphatic carbocycles. The van der Waals surface area contributed by atoms with Crippen molar-refractivity contribution in [3.63, 3.8) is 0 Å². The number of aromatic nitrogens is 2. The second-order valence-corrected chi connectivity index (χ2v) is 4.77. The molecule has 5 heteroatoms. The third-order valence-corrected chi connectivity index (χ3v) is 3.34. The zero-order chi connectivity index (χ0) is 15.0. The first-order chi connectivity index (χ1) is 10.1. The van der Waals surface area contributed by atoms with Crippen LogP contribution >= 0.6 is 0 Å². The van der Waals surface area contributed by atoms with Crippen molar-refractivity contribution in [3.8, 4) is 17.0 Å². The molecule has 2 heterocycles. The lowest BCUT2D eigenvalue weighted by Crippen LogP contribution is -2.03. The standard InChI is InChI=1S/C16H14N2O3/c1-10-6-7-14(21-2)11(8-10)12-9-18-13(16(19)20)4-3-5-15(18)17-12/h3-9H,1-2H3,(H,19,20). The van der Waals surface area contributed by atoms with Crippen LogP contribution in [0.1, 0.15) is 16.1 Å². The lowest BCUT2D eigenvalue weighted by Gasteiger charge is -2.06. The third kappa shape index (κ3) is 2.23. The van der Waals surface area contributed by atoms with Gasteiger partial charge in [0.25, 0.3) is 0 Å². The molecule has 0 fully saturated rings. The number of methoxy groups -OCH3 is 1. The second kappa shape index (κ2) is 4.94. The van der Waals surface area contributed by atoms with Crippen molar-refractivity contribution in [3.05, 3.63) is 53.9 Å². The molecular formula is C16H14N2O3. The Morgan fingerprint density at radius 2 is 2.10 bits per heavy atom. The van der Waals surface area contributed by atoms with Gasteiger partial charge in [-0.2, -0.15) is 0 Å². The van der Waals surface area contributed by atoms with E-state index in [0.717, 1.165) is 11.1 Å². The number of rotatable bonds is 3. The molecule has 0 bridgehead atoms. The first-order valence-electron chi connectivity index (χ1n) is 6.46. The molecule has 0 unspecified atom stereocenters. The molecule has 0 spiro atoms. The molecule has 1 N–H and O–H groups in total. The van der Waals surface area contributed by atoms with Crippen molar-refractivity contribution in [1.29, 1.82) is 0 Å². The van der Waals surface area contributed by atoms with Crippen LogP contribution in [0, 0.1) is 6.92 Å². The van der Waals surface area contributed by atoms with Gasteiger partial charge in [0.2, 0.25) is 0 Å². The zero-order valence-electron chi connectivity index (χ0n) is 11.7. The molecule has 2 aromatic heterocycles. The smallest absolute Gasteiger partial charge is 0.352 e. The average molecular weight is 282 g/mol. The number of imidazole rings is 1. The number of carbonyl (C=O) groups is 1. The van der Waals surface area contributed by atoms with Crippen LogP contribution in [0.25, 0.3) is 16.9 Å². The number of ether oxygens (including phenoxy) is 1. The summed E-state index contributed by atoms with van der Waals surface area (Å²) in [4.78, 5) is 15.8. The topological polar surface area (TPSA) is 63.8 Å². The van der Waals surface area contributed by atoms with Gasteiger partial charge < -0.3 is 9.84 Å². The van der Waals surface area contributed by atoms with Crippen LogP contribution in [0.15, 0.2) is 42.6 Å². The van der Waals surface area contributed by atoms with E-state index < -0.39 is 5.97 Å². The summed E-state index contributed by atoms with van der Waals surface area (Å²) in [6, 6.07) is 10.8. The number of benzene rings is 1. The molecule has 21 heavy (non-hydrogen) atoms. The summed E-state index contributed by atoms with van der Waals surface area (Å²) in [5.41, 5.74) is 3.38. The van der Waals surface area contributed by atoms with Gasteiger partial charge in [0.05, 0.1) is 12.8 Å². The van der Waals surface area contributed by atoms with Crippen molar-refractivity contribution < 1.29 is 14.6 Å². The molecule has 0 amide bonds. The van der Waals surface area contributed by atoms with Crippen molar-refractivity contribution in [2.24, 2.45) is 0 Å². The molecule has 1 aromatic carbocycles. The summed E-state index contributed by atoms with van der Waals surface area (Å²) in [5, 5.41) is 9.23. The summed E-state index contributed by atoms with van der Waals surface area (Å²) < 4.78 is 6.93. The van der Waals surface area contributed by atoms with E-state index in [4.69, 9.17) is 4.74 Å². The number of nitrogens with zero attached hydrogens (tertiary/aromatic N) is 2. The fraction of sp³-hybridized carbons (Fsp3) is 0.125. The highest BCUT2D eigenvalue weighted by Gasteiger charge is 2.14. The summed E-state index contributed by atoms with van der Waals surface area (Å²) in [6.07, 6.45) is 1.72. The molecule has 0 aliphatic heterocycles. The molecule has 0 atom stereocenters. The first kappa shape index (κ1) is 13.2. The van der Waals surface area contributed by atoms with E-state index >= 15 is 0 Å². The maximum atomic E-state index is 11.3. The van der Waals surface area contributed by atoms with Gasteiger partial charge in [-0.15, -0.1) is 0 Å². The van der Waals surface area contributed by atoms with E-state index in [1.54, 1.807) is 35.9 Å². The Kier molecular flexibility index (Phi) is 3.10. The molecule has 106 valence electrons. The Morgan fingerprint density at radius 1 is 1.29 bits per heavy atom. The SMILES string of the molecule is COc1ccc(C)cc1-c1cn2c(C(=O)O)cccc2n1. The molecule has 0 saturated carbocycles. The van der Waals surface area contributed by atoms with E-state index in [0.29, 0.717) is 17.1 Å². The minimum Gasteiger partial charge on any atom is -0.496 e. The summed E-state index contributed by atoms with van der Waals surface area (Å²) in [7, 11) is 1.60. The highest BCUT2D eigenvalue weighted by Crippen LogP contribution is 2.30. The van der Waals surface area contributed by atoms with Gasteiger partial charge in [-0.3, -0.25) is 4.40 Å². The van der Waals surface area contributed by atoms with E-state index in [1.807, 2.05) is 25.1 Å². The fourth-order valence-corrected chi connectivity index (χ4v) is 2.34. The highest BCUT2D eigenvalue weighted by molar-refractivity contribution is 5.87. The van der Waals surface area contributed by atoms with E-state index in [-0.39, 0.29) is 5.69 Å². The summed E-state index contributed by atoms with van der Waals surface area (Å²) in [5.74, 6) is -0.276. The Morgan fingerprint density at radius 3 is 2.81 bits per heavy atom. The Bertz CT molecular complexity index is 837. The van der Waals surface area contributed by atoms with Gasteiger partial charge in [0.1, 0.15) is 17.1 Å². The highest BCUT2D eigenvalue weighted by atomic mass is 16.5. The van der Waals surface area contributed by atoms with Gasteiger partial charge in [-0.25, -0.2) is 9.78 Å². The summed E-state index contributed by atoms with van der Waals surface area (Å²) in [6.45, 7) is 1.99. The lowest BCUT2D eigenvalue weighted by atomic mass is 10.1. The fourth-order valence-electron chi connectivity index (χ4n) is 2.34. The van der Waals surface area contributed by atoms with Gasteiger partial charge >= 0.3 is 5.97 Å². The number of carboxylic acid groups (broad SMARTS) is 1. The van der Waals surface area contributed by atoms with Gasteiger partial charge in [0.15, 0.2) is 0 Å². The quantitative estimate of drug-likeness (QED) is 0.802. The monoisotopic (exact) mass is 282 g/mol. The van der Waals surface area contributed by atoms with Crippen molar-refractivity contribution >= 4 is 11.6 Å². The molecule has 5 nitrogen and oxygen atoms in total.